The average molecular weight is 322 g/mol. The van der Waals surface area contributed by atoms with Crippen molar-refractivity contribution < 1.29 is 9.59 Å². The van der Waals surface area contributed by atoms with Crippen LogP contribution in [-0.4, -0.2) is 11.6 Å². The van der Waals surface area contributed by atoms with Crippen LogP contribution in [0.25, 0.3) is 11.1 Å². The van der Waals surface area contributed by atoms with E-state index in [1.54, 1.807) is 0 Å². The third-order valence-corrected chi connectivity index (χ3v) is 4.32. The molecule has 2 heteroatoms. The van der Waals surface area contributed by atoms with Gasteiger partial charge >= 0.3 is 0 Å². The van der Waals surface area contributed by atoms with Crippen molar-refractivity contribution >= 4 is 11.6 Å². The molecule has 0 heterocycles. The molecule has 0 spiro atoms. The fourth-order valence-corrected chi connectivity index (χ4v) is 2.76. The van der Waals surface area contributed by atoms with Crippen LogP contribution in [0.3, 0.4) is 0 Å². The minimum absolute atomic E-state index is 0.208. The second kappa shape index (κ2) is 9.82. The van der Waals surface area contributed by atoms with Crippen molar-refractivity contribution in [2.75, 3.05) is 0 Å². The van der Waals surface area contributed by atoms with Gasteiger partial charge in [-0.3, -0.25) is 9.59 Å². The highest BCUT2D eigenvalue weighted by Gasteiger charge is 2.06. The van der Waals surface area contributed by atoms with Crippen LogP contribution in [0.4, 0.5) is 0 Å². The lowest BCUT2D eigenvalue weighted by Gasteiger charge is -2.05. The Morgan fingerprint density at radius 3 is 1.92 bits per heavy atom. The van der Waals surface area contributed by atoms with Crippen LogP contribution in [0.1, 0.15) is 62.2 Å². The lowest BCUT2D eigenvalue weighted by atomic mass is 10.00. The van der Waals surface area contributed by atoms with Crippen LogP contribution in [0, 0.1) is 0 Å². The van der Waals surface area contributed by atoms with Crippen molar-refractivity contribution in [1.82, 2.24) is 0 Å². The van der Waals surface area contributed by atoms with Gasteiger partial charge in [0.05, 0.1) is 0 Å². The summed E-state index contributed by atoms with van der Waals surface area (Å²) in [6.07, 6.45) is 5.82. The SMILES string of the molecule is CCC(=O)CCCCCCC(=O)c1ccc(-c2ccccc2)cc1. The third-order valence-electron chi connectivity index (χ3n) is 4.32. The van der Waals surface area contributed by atoms with E-state index in [1.165, 1.54) is 0 Å². The van der Waals surface area contributed by atoms with E-state index < -0.39 is 0 Å². The van der Waals surface area contributed by atoms with Crippen molar-refractivity contribution in [2.45, 2.75) is 51.9 Å². The monoisotopic (exact) mass is 322 g/mol. The van der Waals surface area contributed by atoms with Crippen LogP contribution in [-0.2, 0) is 4.79 Å². The van der Waals surface area contributed by atoms with E-state index in [2.05, 4.69) is 12.1 Å². The maximum absolute atomic E-state index is 12.2. The Kier molecular flexibility index (Phi) is 7.41. The van der Waals surface area contributed by atoms with Crippen LogP contribution in [0.15, 0.2) is 54.6 Å². The fraction of sp³-hybridized carbons (Fsp3) is 0.364. The summed E-state index contributed by atoms with van der Waals surface area (Å²) in [6, 6.07) is 18.0. The molecule has 2 aromatic rings. The number of benzene rings is 2. The lowest BCUT2D eigenvalue weighted by molar-refractivity contribution is -0.118. The average Bonchev–Trinajstić information content (AvgIpc) is 2.65. The molecule has 0 amide bonds. The van der Waals surface area contributed by atoms with Gasteiger partial charge in [0.2, 0.25) is 0 Å². The zero-order valence-electron chi connectivity index (χ0n) is 14.5. The highest BCUT2D eigenvalue weighted by atomic mass is 16.1. The maximum atomic E-state index is 12.2. The molecule has 0 fully saturated rings. The predicted molar refractivity (Wildman–Crippen MR) is 99.2 cm³/mol. The van der Waals surface area contributed by atoms with Gasteiger partial charge in [0, 0.05) is 24.8 Å². The van der Waals surface area contributed by atoms with Gasteiger partial charge in [-0.05, 0) is 24.0 Å². The molecule has 0 saturated carbocycles. The van der Waals surface area contributed by atoms with Crippen LogP contribution < -0.4 is 0 Å². The van der Waals surface area contributed by atoms with Crippen molar-refractivity contribution in [3.05, 3.63) is 60.2 Å². The smallest absolute Gasteiger partial charge is 0.162 e. The molecule has 0 bridgehead atoms. The van der Waals surface area contributed by atoms with E-state index in [4.69, 9.17) is 0 Å². The Balaban J connectivity index is 1.74. The first-order chi connectivity index (χ1) is 11.7. The van der Waals surface area contributed by atoms with Crippen LogP contribution in [0.2, 0.25) is 0 Å². The number of Topliss-reactive ketones (excluding diaryl/α,β-unsaturated/α-hetero) is 2. The molecule has 0 aliphatic carbocycles. The summed E-state index contributed by atoms with van der Waals surface area (Å²) in [5, 5.41) is 0. The van der Waals surface area contributed by atoms with Gasteiger partial charge in [-0.2, -0.15) is 0 Å². The van der Waals surface area contributed by atoms with Gasteiger partial charge in [-0.1, -0.05) is 74.4 Å². The molecular weight excluding hydrogens is 296 g/mol. The molecule has 0 aliphatic heterocycles. The molecule has 0 aromatic heterocycles. The van der Waals surface area contributed by atoms with E-state index in [9.17, 15) is 9.59 Å². The van der Waals surface area contributed by atoms with Crippen molar-refractivity contribution in [3.8, 4) is 11.1 Å². The zero-order valence-corrected chi connectivity index (χ0v) is 14.5. The molecule has 126 valence electrons. The number of rotatable bonds is 10. The number of unbranched alkanes of at least 4 members (excludes halogenated alkanes) is 3. The maximum Gasteiger partial charge on any atom is 0.162 e. The van der Waals surface area contributed by atoms with Gasteiger partial charge < -0.3 is 0 Å². The van der Waals surface area contributed by atoms with Gasteiger partial charge in [0.25, 0.3) is 0 Å². The standard InChI is InChI=1S/C22H26O2/c1-2-21(23)12-8-3-4-9-13-22(24)20-16-14-19(15-17-20)18-10-6-5-7-11-18/h5-7,10-11,14-17H,2-4,8-9,12-13H2,1H3. The van der Waals surface area contributed by atoms with Gasteiger partial charge in [0.15, 0.2) is 5.78 Å². The van der Waals surface area contributed by atoms with E-state index in [-0.39, 0.29) is 5.78 Å². The largest absolute Gasteiger partial charge is 0.300 e. The van der Waals surface area contributed by atoms with Crippen molar-refractivity contribution in [1.29, 1.82) is 0 Å². The van der Waals surface area contributed by atoms with E-state index in [0.717, 1.165) is 42.4 Å². The third kappa shape index (κ3) is 5.77. The van der Waals surface area contributed by atoms with E-state index in [0.29, 0.717) is 25.0 Å². The van der Waals surface area contributed by atoms with Crippen LogP contribution >= 0.6 is 0 Å². The fourth-order valence-electron chi connectivity index (χ4n) is 2.76. The summed E-state index contributed by atoms with van der Waals surface area (Å²) < 4.78 is 0. The highest BCUT2D eigenvalue weighted by molar-refractivity contribution is 5.96. The van der Waals surface area contributed by atoms with Gasteiger partial charge in [-0.15, -0.1) is 0 Å². The van der Waals surface area contributed by atoms with E-state index >= 15 is 0 Å². The molecule has 24 heavy (non-hydrogen) atoms. The molecule has 0 N–H and O–H groups in total. The molecule has 0 radical (unpaired) electrons. The minimum atomic E-state index is 0.208. The number of carbonyl (C=O) groups excluding carboxylic acids is 2. The minimum Gasteiger partial charge on any atom is -0.300 e. The number of ketones is 2. The lowest BCUT2D eigenvalue weighted by Crippen LogP contribution is -1.99. The number of carbonyl (C=O) groups is 2. The Bertz CT molecular complexity index is 641. The predicted octanol–water partition coefficient (Wildman–Crippen LogP) is 5.86. The summed E-state index contributed by atoms with van der Waals surface area (Å²) in [6.45, 7) is 1.91. The molecule has 2 aromatic carbocycles. The quantitative estimate of drug-likeness (QED) is 0.406. The zero-order chi connectivity index (χ0) is 17.2. The Hall–Kier alpha value is -2.22. The second-order valence-electron chi connectivity index (χ2n) is 6.17. The Morgan fingerprint density at radius 1 is 0.708 bits per heavy atom. The molecular formula is C22H26O2. The normalized spacial score (nSPS) is 10.5. The summed E-state index contributed by atoms with van der Waals surface area (Å²) in [5.41, 5.74) is 3.08. The first-order valence-corrected chi connectivity index (χ1v) is 8.91. The Labute approximate surface area is 144 Å². The first-order valence-electron chi connectivity index (χ1n) is 8.91. The van der Waals surface area contributed by atoms with Gasteiger partial charge in [-0.25, -0.2) is 0 Å². The first kappa shape index (κ1) is 18.1. The topological polar surface area (TPSA) is 34.1 Å². The number of hydrogen-bond donors (Lipinski definition) is 0. The molecule has 0 aliphatic rings. The molecule has 2 nitrogen and oxygen atoms in total. The summed E-state index contributed by atoms with van der Waals surface area (Å²) in [7, 11) is 0. The van der Waals surface area contributed by atoms with Gasteiger partial charge in [0.1, 0.15) is 5.78 Å². The van der Waals surface area contributed by atoms with Crippen molar-refractivity contribution in [3.63, 3.8) is 0 Å². The number of hydrogen-bond acceptors (Lipinski definition) is 2. The van der Waals surface area contributed by atoms with E-state index in [1.807, 2.05) is 49.4 Å². The van der Waals surface area contributed by atoms with Crippen molar-refractivity contribution in [2.24, 2.45) is 0 Å². The summed E-state index contributed by atoms with van der Waals surface area (Å²) in [4.78, 5) is 23.4. The molecule has 0 atom stereocenters. The van der Waals surface area contributed by atoms with Crippen LogP contribution in [0.5, 0.6) is 0 Å². The Morgan fingerprint density at radius 2 is 1.29 bits per heavy atom. The molecule has 2 rings (SSSR count). The summed E-state index contributed by atoms with van der Waals surface area (Å²) in [5.74, 6) is 0.545. The molecule has 0 unspecified atom stereocenters. The highest BCUT2D eigenvalue weighted by Crippen LogP contribution is 2.20. The molecule has 0 saturated heterocycles. The second-order valence-corrected chi connectivity index (χ2v) is 6.17. The summed E-state index contributed by atoms with van der Waals surface area (Å²) >= 11 is 0.